The summed E-state index contributed by atoms with van der Waals surface area (Å²) in [6.45, 7) is 7.71. The van der Waals surface area contributed by atoms with Gasteiger partial charge in [0.15, 0.2) is 0 Å². The summed E-state index contributed by atoms with van der Waals surface area (Å²) < 4.78 is 0.946. The van der Waals surface area contributed by atoms with E-state index in [1.54, 1.807) is 0 Å². The molecule has 4 rings (SSSR count). The summed E-state index contributed by atoms with van der Waals surface area (Å²) in [4.78, 5) is 29.0. The molecule has 0 radical (unpaired) electrons. The zero-order valence-electron chi connectivity index (χ0n) is 20.9. The fourth-order valence-electron chi connectivity index (χ4n) is 4.53. The third kappa shape index (κ3) is 6.59. The van der Waals surface area contributed by atoms with E-state index in [9.17, 15) is 4.79 Å². The molecule has 2 heterocycles. The van der Waals surface area contributed by atoms with Crippen molar-refractivity contribution in [3.63, 3.8) is 0 Å². The van der Waals surface area contributed by atoms with Gasteiger partial charge in [0, 0.05) is 48.6 Å². The fraction of sp³-hybridized carbons (Fsp3) is 0.500. The summed E-state index contributed by atoms with van der Waals surface area (Å²) >= 11 is 3.45. The highest BCUT2D eigenvalue weighted by atomic mass is 79.9. The number of halogens is 1. The Morgan fingerprint density at radius 1 is 1.29 bits per heavy atom. The number of aliphatic imine (C=N–C) groups is 2. The van der Waals surface area contributed by atoms with Crippen LogP contribution in [0.2, 0.25) is 0 Å². The normalized spacial score (nSPS) is 23.6. The van der Waals surface area contributed by atoms with Crippen LogP contribution in [0.3, 0.4) is 0 Å². The van der Waals surface area contributed by atoms with E-state index in [4.69, 9.17) is 9.98 Å². The second-order valence-electron chi connectivity index (χ2n) is 9.79. The van der Waals surface area contributed by atoms with Crippen LogP contribution in [0, 0.1) is 5.41 Å². The maximum Gasteiger partial charge on any atom is 0.321 e. The van der Waals surface area contributed by atoms with Crippen LogP contribution in [0.25, 0.3) is 0 Å². The number of allylic oxidation sites excluding steroid dienone is 3. The summed E-state index contributed by atoms with van der Waals surface area (Å²) in [7, 11) is 4.18. The molecular formula is C26H36BrN7O. The van der Waals surface area contributed by atoms with Gasteiger partial charge in [-0.05, 0) is 64.7 Å². The molecule has 1 aromatic carbocycles. The number of amides is 2. The first-order chi connectivity index (χ1) is 16.8. The predicted octanol–water partition coefficient (Wildman–Crippen LogP) is 3.80. The highest BCUT2D eigenvalue weighted by Crippen LogP contribution is 2.37. The number of hydrogen-bond donors (Lipinski definition) is 2. The number of urea groups is 1. The lowest BCUT2D eigenvalue weighted by molar-refractivity contribution is 0.157. The number of piperazine rings is 1. The Morgan fingerprint density at radius 3 is 2.83 bits per heavy atom. The number of rotatable bonds is 7. The number of nitrogens with one attached hydrogen (secondary N) is 2. The third-order valence-corrected chi connectivity index (χ3v) is 7.16. The molecule has 2 aliphatic heterocycles. The molecule has 1 saturated heterocycles. The Kier molecular flexibility index (Phi) is 8.41. The molecule has 0 saturated carbocycles. The molecule has 1 aliphatic carbocycles. The first kappa shape index (κ1) is 25.6. The van der Waals surface area contributed by atoms with E-state index >= 15 is 0 Å². The molecule has 35 heavy (non-hydrogen) atoms. The largest absolute Gasteiger partial charge is 0.345 e. The van der Waals surface area contributed by atoms with Crippen LogP contribution in [-0.2, 0) is 0 Å². The number of carbonyl (C=O) groups excluding carboxylic acids is 1. The molecule has 1 aromatic rings. The van der Waals surface area contributed by atoms with Gasteiger partial charge >= 0.3 is 6.03 Å². The Balaban J connectivity index is 1.36. The highest BCUT2D eigenvalue weighted by Gasteiger charge is 2.39. The van der Waals surface area contributed by atoms with E-state index in [-0.39, 0.29) is 11.4 Å². The van der Waals surface area contributed by atoms with Gasteiger partial charge in [-0.3, -0.25) is 9.89 Å². The molecule has 0 bridgehead atoms. The van der Waals surface area contributed by atoms with Gasteiger partial charge in [0.25, 0.3) is 0 Å². The van der Waals surface area contributed by atoms with E-state index < -0.39 is 0 Å². The monoisotopic (exact) mass is 541 g/mol. The molecular weight excluding hydrogens is 506 g/mol. The summed E-state index contributed by atoms with van der Waals surface area (Å²) in [6.07, 6.45) is 8.38. The third-order valence-electron chi connectivity index (χ3n) is 6.67. The fourth-order valence-corrected chi connectivity index (χ4v) is 4.93. The van der Waals surface area contributed by atoms with E-state index in [0.29, 0.717) is 13.1 Å². The minimum atomic E-state index is -0.195. The van der Waals surface area contributed by atoms with Gasteiger partial charge in [0.2, 0.25) is 0 Å². The summed E-state index contributed by atoms with van der Waals surface area (Å²) in [5.74, 6) is 1.86. The van der Waals surface area contributed by atoms with Crippen molar-refractivity contribution < 1.29 is 4.79 Å². The minimum Gasteiger partial charge on any atom is -0.345 e. The van der Waals surface area contributed by atoms with E-state index in [2.05, 4.69) is 75.6 Å². The molecule has 3 aliphatic rings. The first-order valence-corrected chi connectivity index (χ1v) is 13.1. The van der Waals surface area contributed by atoms with Gasteiger partial charge in [0.05, 0.1) is 12.0 Å². The van der Waals surface area contributed by atoms with Crippen molar-refractivity contribution in [2.24, 2.45) is 15.4 Å². The van der Waals surface area contributed by atoms with Gasteiger partial charge < -0.3 is 20.4 Å². The number of hydrogen-bond acceptors (Lipinski definition) is 5. The summed E-state index contributed by atoms with van der Waals surface area (Å²) in [6, 6.07) is 7.60. The Bertz CT molecular complexity index is 1040. The lowest BCUT2D eigenvalue weighted by Crippen LogP contribution is -2.54. The molecule has 0 spiro atoms. The number of nitrogens with zero attached hydrogens (tertiary/aromatic N) is 5. The average Bonchev–Trinajstić information content (AvgIpc) is 2.82. The maximum absolute atomic E-state index is 12.7. The standard InChI is InChI=1S/C26H36BrN7O/c1-26-11-5-4-10-22(26)30-23(31-24(26)28-12-7-13-32(2)3)19-33-14-16-34(17-15-33)25(35)29-21-9-6-8-20(27)18-21/h4-6,8-10,18H,7,11-17,19H2,1-3H3,(H,29,35)(H,28,30,31). The first-order valence-electron chi connectivity index (χ1n) is 12.3. The number of fused-ring (bicyclic) bond motifs is 1. The molecule has 1 unspecified atom stereocenters. The van der Waals surface area contributed by atoms with Crippen LogP contribution in [0.15, 0.2) is 62.6 Å². The van der Waals surface area contributed by atoms with Crippen LogP contribution in [0.4, 0.5) is 10.5 Å². The van der Waals surface area contributed by atoms with Crippen LogP contribution in [0.1, 0.15) is 19.8 Å². The smallest absolute Gasteiger partial charge is 0.321 e. The van der Waals surface area contributed by atoms with Crippen molar-refractivity contribution in [1.82, 2.24) is 20.0 Å². The van der Waals surface area contributed by atoms with Crippen molar-refractivity contribution in [3.05, 3.63) is 52.7 Å². The second-order valence-corrected chi connectivity index (χ2v) is 10.7. The molecule has 2 N–H and O–H groups in total. The van der Waals surface area contributed by atoms with Crippen molar-refractivity contribution >= 4 is 39.3 Å². The number of benzene rings is 1. The van der Waals surface area contributed by atoms with Crippen molar-refractivity contribution in [1.29, 1.82) is 0 Å². The van der Waals surface area contributed by atoms with Crippen LogP contribution in [0.5, 0.6) is 0 Å². The van der Waals surface area contributed by atoms with Crippen molar-refractivity contribution in [3.8, 4) is 0 Å². The Morgan fingerprint density at radius 2 is 2.09 bits per heavy atom. The number of carbonyl (C=O) groups is 1. The molecule has 2 amide bonds. The maximum atomic E-state index is 12.7. The number of amidine groups is 2. The SMILES string of the molecule is CN(C)CCCN=C1N=C(CN2CCN(C(=O)Nc3cccc(Br)c3)CC2)NC2=CC=CCC21C. The van der Waals surface area contributed by atoms with Gasteiger partial charge in [-0.2, -0.15) is 0 Å². The van der Waals surface area contributed by atoms with E-state index in [1.807, 2.05) is 29.2 Å². The second kappa shape index (κ2) is 11.5. The van der Waals surface area contributed by atoms with Crippen LogP contribution >= 0.6 is 15.9 Å². The summed E-state index contributed by atoms with van der Waals surface area (Å²) in [5, 5.41) is 6.58. The lowest BCUT2D eigenvalue weighted by Gasteiger charge is -2.39. The predicted molar refractivity (Wildman–Crippen MR) is 147 cm³/mol. The van der Waals surface area contributed by atoms with Crippen LogP contribution in [-0.4, -0.2) is 92.3 Å². The van der Waals surface area contributed by atoms with Gasteiger partial charge in [0.1, 0.15) is 11.7 Å². The zero-order chi connectivity index (χ0) is 24.8. The highest BCUT2D eigenvalue weighted by molar-refractivity contribution is 9.10. The van der Waals surface area contributed by atoms with Gasteiger partial charge in [-0.15, -0.1) is 0 Å². The molecule has 9 heteroatoms. The van der Waals surface area contributed by atoms with Crippen LogP contribution < -0.4 is 10.6 Å². The molecule has 0 aromatic heterocycles. The zero-order valence-corrected chi connectivity index (χ0v) is 22.5. The lowest BCUT2D eigenvalue weighted by atomic mass is 9.78. The summed E-state index contributed by atoms with van der Waals surface area (Å²) in [5.41, 5.74) is 1.77. The van der Waals surface area contributed by atoms with E-state index in [1.165, 1.54) is 5.70 Å². The van der Waals surface area contributed by atoms with E-state index in [0.717, 1.165) is 67.4 Å². The quantitative estimate of drug-likeness (QED) is 0.515. The topological polar surface area (TPSA) is 75.6 Å². The van der Waals surface area contributed by atoms with Gasteiger partial charge in [-0.1, -0.05) is 34.1 Å². The van der Waals surface area contributed by atoms with Crippen molar-refractivity contribution in [2.45, 2.75) is 19.8 Å². The molecule has 1 fully saturated rings. The Labute approximate surface area is 217 Å². The minimum absolute atomic E-state index is 0.0575. The molecule has 8 nitrogen and oxygen atoms in total. The molecule has 188 valence electrons. The van der Waals surface area contributed by atoms with Crippen molar-refractivity contribution in [2.75, 3.05) is 65.2 Å². The van der Waals surface area contributed by atoms with Gasteiger partial charge in [-0.25, -0.2) is 9.79 Å². The molecule has 1 atom stereocenters. The Hall–Kier alpha value is -2.49. The number of anilines is 1. The average molecular weight is 543 g/mol.